The lowest BCUT2D eigenvalue weighted by Gasteiger charge is -2.35. The van der Waals surface area contributed by atoms with Crippen molar-refractivity contribution in [1.82, 2.24) is 4.31 Å². The molecule has 1 aliphatic rings. The van der Waals surface area contributed by atoms with Gasteiger partial charge in [-0.15, -0.1) is 0 Å². The third-order valence-electron chi connectivity index (χ3n) is 4.52. The van der Waals surface area contributed by atoms with Gasteiger partial charge in [-0.3, -0.25) is 0 Å². The maximum Gasteiger partial charge on any atom is 0.213 e. The van der Waals surface area contributed by atoms with Crippen LogP contribution < -0.4 is 9.64 Å². The van der Waals surface area contributed by atoms with Crippen molar-refractivity contribution in [3.8, 4) is 5.75 Å². The molecule has 1 heterocycles. The Morgan fingerprint density at radius 1 is 0.962 bits per heavy atom. The standard InChI is InChI=1S/C19H23ClN2O3S/c1-2-26(23,24)22-13-11-21(12-14-22)18-7-9-19(10-8-18)25-15-16-3-5-17(20)6-4-16/h3-10H,2,11-15H2,1H3. The summed E-state index contributed by atoms with van der Waals surface area (Å²) < 4.78 is 31.2. The van der Waals surface area contributed by atoms with Gasteiger partial charge in [-0.25, -0.2) is 8.42 Å². The molecule has 1 saturated heterocycles. The van der Waals surface area contributed by atoms with Crippen molar-refractivity contribution >= 4 is 27.3 Å². The van der Waals surface area contributed by atoms with Crippen LogP contribution in [0, 0.1) is 0 Å². The Kier molecular flexibility index (Phi) is 6.06. The van der Waals surface area contributed by atoms with Gasteiger partial charge in [0.15, 0.2) is 0 Å². The molecule has 2 aromatic carbocycles. The molecule has 140 valence electrons. The second kappa shape index (κ2) is 8.29. The van der Waals surface area contributed by atoms with E-state index in [9.17, 15) is 8.42 Å². The minimum Gasteiger partial charge on any atom is -0.489 e. The fraction of sp³-hybridized carbons (Fsp3) is 0.368. The van der Waals surface area contributed by atoms with Gasteiger partial charge in [0.1, 0.15) is 12.4 Å². The van der Waals surface area contributed by atoms with Crippen molar-refractivity contribution in [2.45, 2.75) is 13.5 Å². The summed E-state index contributed by atoms with van der Waals surface area (Å²) in [4.78, 5) is 2.20. The van der Waals surface area contributed by atoms with Gasteiger partial charge in [0.05, 0.1) is 5.75 Å². The van der Waals surface area contributed by atoms with Crippen LogP contribution in [0.3, 0.4) is 0 Å². The maximum absolute atomic E-state index is 11.9. The molecule has 0 radical (unpaired) electrons. The normalized spacial score (nSPS) is 15.8. The molecule has 0 N–H and O–H groups in total. The minimum atomic E-state index is -3.09. The fourth-order valence-electron chi connectivity index (χ4n) is 2.91. The van der Waals surface area contributed by atoms with Crippen LogP contribution in [0.1, 0.15) is 12.5 Å². The lowest BCUT2D eigenvalue weighted by Crippen LogP contribution is -2.49. The van der Waals surface area contributed by atoms with E-state index in [4.69, 9.17) is 16.3 Å². The van der Waals surface area contributed by atoms with Gasteiger partial charge in [0.25, 0.3) is 0 Å². The zero-order valence-corrected chi connectivity index (χ0v) is 16.3. The van der Waals surface area contributed by atoms with E-state index in [2.05, 4.69) is 4.90 Å². The number of hydrogen-bond acceptors (Lipinski definition) is 4. The molecule has 1 fully saturated rings. The Balaban J connectivity index is 1.54. The number of sulfonamides is 1. The number of anilines is 1. The first kappa shape index (κ1) is 19.0. The van der Waals surface area contributed by atoms with Crippen LogP contribution in [0.2, 0.25) is 5.02 Å². The third kappa shape index (κ3) is 4.69. The predicted molar refractivity (Wildman–Crippen MR) is 105 cm³/mol. The van der Waals surface area contributed by atoms with Gasteiger partial charge >= 0.3 is 0 Å². The molecule has 26 heavy (non-hydrogen) atoms. The Morgan fingerprint density at radius 3 is 2.15 bits per heavy atom. The Hall–Kier alpha value is -1.76. The number of rotatable bonds is 6. The SMILES string of the molecule is CCS(=O)(=O)N1CCN(c2ccc(OCc3ccc(Cl)cc3)cc2)CC1. The Morgan fingerprint density at radius 2 is 1.58 bits per heavy atom. The van der Waals surface area contributed by atoms with E-state index in [1.807, 2.05) is 48.5 Å². The third-order valence-corrected chi connectivity index (χ3v) is 6.65. The zero-order chi connectivity index (χ0) is 18.6. The number of nitrogens with zero attached hydrogens (tertiary/aromatic N) is 2. The van der Waals surface area contributed by atoms with E-state index in [1.54, 1.807) is 11.2 Å². The molecule has 0 amide bonds. The second-order valence-corrected chi connectivity index (χ2v) is 8.89. The molecule has 0 spiro atoms. The topological polar surface area (TPSA) is 49.9 Å². The van der Waals surface area contributed by atoms with Crippen molar-refractivity contribution in [2.75, 3.05) is 36.8 Å². The average Bonchev–Trinajstić information content (AvgIpc) is 2.68. The van der Waals surface area contributed by atoms with Crippen molar-refractivity contribution in [2.24, 2.45) is 0 Å². The predicted octanol–water partition coefficient (Wildman–Crippen LogP) is 3.39. The van der Waals surface area contributed by atoms with Crippen LogP contribution in [0.15, 0.2) is 48.5 Å². The molecule has 0 saturated carbocycles. The number of benzene rings is 2. The highest BCUT2D eigenvalue weighted by molar-refractivity contribution is 7.89. The van der Waals surface area contributed by atoms with Crippen LogP contribution in [0.25, 0.3) is 0 Å². The smallest absolute Gasteiger partial charge is 0.213 e. The maximum atomic E-state index is 11.9. The molecule has 1 aliphatic heterocycles. The first-order valence-electron chi connectivity index (χ1n) is 8.68. The summed E-state index contributed by atoms with van der Waals surface area (Å²) in [5, 5.41) is 0.713. The highest BCUT2D eigenvalue weighted by Crippen LogP contribution is 2.22. The monoisotopic (exact) mass is 394 g/mol. The molecule has 3 rings (SSSR count). The Bertz CT molecular complexity index is 815. The summed E-state index contributed by atoms with van der Waals surface area (Å²) in [6, 6.07) is 15.5. The van der Waals surface area contributed by atoms with E-state index < -0.39 is 10.0 Å². The molecule has 0 bridgehead atoms. The number of halogens is 1. The summed E-state index contributed by atoms with van der Waals surface area (Å²) >= 11 is 5.88. The van der Waals surface area contributed by atoms with Crippen molar-refractivity contribution < 1.29 is 13.2 Å². The van der Waals surface area contributed by atoms with Crippen molar-refractivity contribution in [3.05, 3.63) is 59.1 Å². The highest BCUT2D eigenvalue weighted by Gasteiger charge is 2.25. The molecular weight excluding hydrogens is 372 g/mol. The van der Waals surface area contributed by atoms with Crippen molar-refractivity contribution in [3.63, 3.8) is 0 Å². The molecule has 5 nitrogen and oxygen atoms in total. The average molecular weight is 395 g/mol. The minimum absolute atomic E-state index is 0.159. The van der Waals surface area contributed by atoms with Crippen LogP contribution in [0.5, 0.6) is 5.75 Å². The van der Waals surface area contributed by atoms with Gasteiger partial charge < -0.3 is 9.64 Å². The van der Waals surface area contributed by atoms with Crippen LogP contribution in [0.4, 0.5) is 5.69 Å². The quantitative estimate of drug-likeness (QED) is 0.753. The molecule has 0 atom stereocenters. The van der Waals surface area contributed by atoms with E-state index in [0.717, 1.165) is 17.0 Å². The molecular formula is C19H23ClN2O3S. The van der Waals surface area contributed by atoms with E-state index in [0.29, 0.717) is 37.8 Å². The lowest BCUT2D eigenvalue weighted by atomic mass is 10.2. The van der Waals surface area contributed by atoms with Gasteiger partial charge in [0.2, 0.25) is 10.0 Å². The summed E-state index contributed by atoms with van der Waals surface area (Å²) in [7, 11) is -3.09. The molecule has 2 aromatic rings. The summed E-state index contributed by atoms with van der Waals surface area (Å²) in [5.41, 5.74) is 2.14. The van der Waals surface area contributed by atoms with Crippen LogP contribution in [-0.4, -0.2) is 44.7 Å². The summed E-state index contributed by atoms with van der Waals surface area (Å²) in [6.07, 6.45) is 0. The first-order valence-corrected chi connectivity index (χ1v) is 10.7. The summed E-state index contributed by atoms with van der Waals surface area (Å²) in [5.74, 6) is 0.961. The van der Waals surface area contributed by atoms with Crippen molar-refractivity contribution in [1.29, 1.82) is 0 Å². The Labute approximate surface area is 160 Å². The number of piperazine rings is 1. The molecule has 0 unspecified atom stereocenters. The van der Waals surface area contributed by atoms with Gasteiger partial charge in [-0.1, -0.05) is 23.7 Å². The van der Waals surface area contributed by atoms with E-state index in [1.165, 1.54) is 0 Å². The highest BCUT2D eigenvalue weighted by atomic mass is 35.5. The number of hydrogen-bond donors (Lipinski definition) is 0. The molecule has 0 aromatic heterocycles. The largest absolute Gasteiger partial charge is 0.489 e. The first-order chi connectivity index (χ1) is 12.5. The molecule has 0 aliphatic carbocycles. The van der Waals surface area contributed by atoms with Crippen LogP contribution >= 0.6 is 11.6 Å². The van der Waals surface area contributed by atoms with Gasteiger partial charge in [0, 0.05) is 36.9 Å². The fourth-order valence-corrected chi connectivity index (χ4v) is 4.12. The van der Waals surface area contributed by atoms with Gasteiger partial charge in [-0.05, 0) is 48.9 Å². The van der Waals surface area contributed by atoms with E-state index >= 15 is 0 Å². The summed E-state index contributed by atoms with van der Waals surface area (Å²) in [6.45, 7) is 4.64. The van der Waals surface area contributed by atoms with E-state index in [-0.39, 0.29) is 5.75 Å². The van der Waals surface area contributed by atoms with Gasteiger partial charge in [-0.2, -0.15) is 4.31 Å². The second-order valence-electron chi connectivity index (χ2n) is 6.20. The molecule has 7 heteroatoms. The zero-order valence-electron chi connectivity index (χ0n) is 14.8. The lowest BCUT2D eigenvalue weighted by molar-refractivity contribution is 0.306. The van der Waals surface area contributed by atoms with Crippen LogP contribution in [-0.2, 0) is 16.6 Å². The number of ether oxygens (including phenoxy) is 1.